The van der Waals surface area contributed by atoms with Crippen molar-refractivity contribution in [3.8, 4) is 16.9 Å². The molecule has 150 valence electrons. The predicted molar refractivity (Wildman–Crippen MR) is 116 cm³/mol. The van der Waals surface area contributed by atoms with Gasteiger partial charge in [-0.05, 0) is 54.8 Å². The molecule has 7 nitrogen and oxygen atoms in total. The van der Waals surface area contributed by atoms with Crippen molar-refractivity contribution in [2.24, 2.45) is 5.10 Å². The van der Waals surface area contributed by atoms with Crippen molar-refractivity contribution in [3.63, 3.8) is 0 Å². The molecule has 30 heavy (non-hydrogen) atoms. The van der Waals surface area contributed by atoms with Gasteiger partial charge in [0, 0.05) is 40.6 Å². The number of carbonyl (C=O) groups is 1. The Bertz CT molecular complexity index is 1190. The molecule has 0 unspecified atom stereocenters. The number of amides is 1. The number of ether oxygens (including phenoxy) is 1. The summed E-state index contributed by atoms with van der Waals surface area (Å²) in [6, 6.07) is 11.8. The lowest BCUT2D eigenvalue weighted by Gasteiger charge is -2.13. The SMILES string of the molecule is Cc1cc(-c2cncnc2)cc(C)c1OCC(=O)N/N=C/c1cccc2[nH]ccc12. The number of aromatic nitrogens is 3. The van der Waals surface area contributed by atoms with Crippen LogP contribution in [0, 0.1) is 13.8 Å². The van der Waals surface area contributed by atoms with Gasteiger partial charge in [-0.25, -0.2) is 15.4 Å². The zero-order valence-electron chi connectivity index (χ0n) is 16.7. The molecule has 2 aromatic carbocycles. The highest BCUT2D eigenvalue weighted by molar-refractivity contribution is 5.98. The quantitative estimate of drug-likeness (QED) is 0.381. The highest BCUT2D eigenvalue weighted by atomic mass is 16.5. The third-order valence-electron chi connectivity index (χ3n) is 4.72. The summed E-state index contributed by atoms with van der Waals surface area (Å²) >= 11 is 0. The van der Waals surface area contributed by atoms with Crippen molar-refractivity contribution >= 4 is 23.0 Å². The van der Waals surface area contributed by atoms with Crippen LogP contribution in [0.5, 0.6) is 5.75 Å². The van der Waals surface area contributed by atoms with E-state index in [0.717, 1.165) is 38.7 Å². The maximum absolute atomic E-state index is 12.2. The van der Waals surface area contributed by atoms with Crippen molar-refractivity contribution in [2.75, 3.05) is 6.61 Å². The Morgan fingerprint density at radius 3 is 2.67 bits per heavy atom. The van der Waals surface area contributed by atoms with Crippen molar-refractivity contribution in [2.45, 2.75) is 13.8 Å². The summed E-state index contributed by atoms with van der Waals surface area (Å²) in [4.78, 5) is 23.4. The number of aryl methyl sites for hydroxylation is 2. The number of hydrogen-bond acceptors (Lipinski definition) is 5. The van der Waals surface area contributed by atoms with Gasteiger partial charge in [0.15, 0.2) is 6.61 Å². The second kappa shape index (κ2) is 8.57. The van der Waals surface area contributed by atoms with Gasteiger partial charge in [0.2, 0.25) is 0 Å². The van der Waals surface area contributed by atoms with Crippen LogP contribution in [-0.2, 0) is 4.79 Å². The van der Waals surface area contributed by atoms with Gasteiger partial charge in [0.05, 0.1) is 6.21 Å². The number of rotatable bonds is 6. The van der Waals surface area contributed by atoms with Crippen LogP contribution in [-0.4, -0.2) is 33.7 Å². The van der Waals surface area contributed by atoms with Gasteiger partial charge in [-0.3, -0.25) is 4.79 Å². The Balaban J connectivity index is 1.38. The number of nitrogens with one attached hydrogen (secondary N) is 2. The molecular weight excluding hydrogens is 378 g/mol. The Kier molecular flexibility index (Phi) is 5.52. The molecule has 0 saturated carbocycles. The van der Waals surface area contributed by atoms with Gasteiger partial charge in [-0.15, -0.1) is 0 Å². The molecule has 4 aromatic rings. The lowest BCUT2D eigenvalue weighted by atomic mass is 10.0. The van der Waals surface area contributed by atoms with Crippen LogP contribution in [0.1, 0.15) is 16.7 Å². The third kappa shape index (κ3) is 4.20. The number of hydrazone groups is 1. The van der Waals surface area contributed by atoms with E-state index >= 15 is 0 Å². The van der Waals surface area contributed by atoms with E-state index in [4.69, 9.17) is 4.74 Å². The van der Waals surface area contributed by atoms with E-state index < -0.39 is 0 Å². The molecular formula is C23H21N5O2. The van der Waals surface area contributed by atoms with Gasteiger partial charge in [-0.1, -0.05) is 12.1 Å². The lowest BCUT2D eigenvalue weighted by Crippen LogP contribution is -2.25. The first-order valence-corrected chi connectivity index (χ1v) is 9.49. The van der Waals surface area contributed by atoms with E-state index in [-0.39, 0.29) is 12.5 Å². The molecule has 0 aliphatic heterocycles. The number of aromatic amines is 1. The van der Waals surface area contributed by atoms with Gasteiger partial charge < -0.3 is 9.72 Å². The van der Waals surface area contributed by atoms with Crippen LogP contribution in [0.4, 0.5) is 0 Å². The van der Waals surface area contributed by atoms with Crippen LogP contribution in [0.2, 0.25) is 0 Å². The zero-order chi connectivity index (χ0) is 20.9. The van der Waals surface area contributed by atoms with E-state index in [2.05, 4.69) is 25.5 Å². The lowest BCUT2D eigenvalue weighted by molar-refractivity contribution is -0.123. The number of nitrogens with zero attached hydrogens (tertiary/aromatic N) is 3. The molecule has 2 N–H and O–H groups in total. The first kappa shape index (κ1) is 19.3. The average Bonchev–Trinajstić information content (AvgIpc) is 3.23. The van der Waals surface area contributed by atoms with Crippen LogP contribution in [0.25, 0.3) is 22.0 Å². The molecule has 1 amide bonds. The smallest absolute Gasteiger partial charge is 0.277 e. The normalized spacial score (nSPS) is 11.1. The second-order valence-electron chi connectivity index (χ2n) is 6.93. The summed E-state index contributed by atoms with van der Waals surface area (Å²) in [5.74, 6) is 0.360. The Labute approximate surface area is 173 Å². The van der Waals surface area contributed by atoms with E-state index in [0.29, 0.717) is 5.75 Å². The van der Waals surface area contributed by atoms with Crippen molar-refractivity contribution in [3.05, 3.63) is 78.0 Å². The van der Waals surface area contributed by atoms with Crippen LogP contribution in [0.3, 0.4) is 0 Å². The first-order valence-electron chi connectivity index (χ1n) is 9.49. The maximum atomic E-state index is 12.2. The molecule has 0 saturated heterocycles. The highest BCUT2D eigenvalue weighted by Crippen LogP contribution is 2.29. The van der Waals surface area contributed by atoms with Crippen LogP contribution < -0.4 is 10.2 Å². The minimum absolute atomic E-state index is 0.124. The van der Waals surface area contributed by atoms with E-state index in [9.17, 15) is 4.79 Å². The summed E-state index contributed by atoms with van der Waals surface area (Å²) in [5.41, 5.74) is 8.26. The predicted octanol–water partition coefficient (Wildman–Crippen LogP) is 3.77. The van der Waals surface area contributed by atoms with Gasteiger partial charge in [-0.2, -0.15) is 5.10 Å². The molecule has 7 heteroatoms. The van der Waals surface area contributed by atoms with Crippen molar-refractivity contribution in [1.82, 2.24) is 20.4 Å². The molecule has 0 aliphatic carbocycles. The summed E-state index contributed by atoms with van der Waals surface area (Å²) in [6.07, 6.45) is 8.53. The number of hydrogen-bond donors (Lipinski definition) is 2. The fourth-order valence-corrected chi connectivity index (χ4v) is 3.36. The van der Waals surface area contributed by atoms with Crippen molar-refractivity contribution in [1.29, 1.82) is 0 Å². The highest BCUT2D eigenvalue weighted by Gasteiger charge is 2.10. The fraction of sp³-hybridized carbons (Fsp3) is 0.130. The van der Waals surface area contributed by atoms with Crippen LogP contribution >= 0.6 is 0 Å². The van der Waals surface area contributed by atoms with E-state index in [1.54, 1.807) is 18.6 Å². The molecule has 0 atom stereocenters. The molecule has 4 rings (SSSR count). The maximum Gasteiger partial charge on any atom is 0.277 e. The number of benzene rings is 2. The molecule has 0 aliphatic rings. The minimum atomic E-state index is -0.327. The van der Waals surface area contributed by atoms with Gasteiger partial charge in [0.25, 0.3) is 5.91 Å². The monoisotopic (exact) mass is 399 g/mol. The molecule has 0 radical (unpaired) electrons. The second-order valence-corrected chi connectivity index (χ2v) is 6.93. The first-order chi connectivity index (χ1) is 14.6. The molecule has 0 spiro atoms. The van der Waals surface area contributed by atoms with Gasteiger partial charge in [0.1, 0.15) is 12.1 Å². The van der Waals surface area contributed by atoms with E-state index in [1.807, 2.05) is 56.4 Å². The Morgan fingerprint density at radius 2 is 1.90 bits per heavy atom. The van der Waals surface area contributed by atoms with Gasteiger partial charge >= 0.3 is 0 Å². The van der Waals surface area contributed by atoms with Crippen LogP contribution in [0.15, 0.2) is 66.4 Å². The summed E-state index contributed by atoms with van der Waals surface area (Å²) in [6.45, 7) is 3.77. The van der Waals surface area contributed by atoms with E-state index in [1.165, 1.54) is 6.33 Å². The topological polar surface area (TPSA) is 92.3 Å². The summed E-state index contributed by atoms with van der Waals surface area (Å²) < 4.78 is 5.76. The Morgan fingerprint density at radius 1 is 1.13 bits per heavy atom. The molecule has 2 aromatic heterocycles. The standard InChI is InChI=1S/C23H21N5O2/c1-15-8-18(19-10-24-14-25-11-19)9-16(2)23(15)30-13-22(29)28-27-12-17-4-3-5-21-20(17)6-7-26-21/h3-12,14,26H,13H2,1-2H3,(H,28,29)/b27-12+. The molecule has 0 fully saturated rings. The molecule has 2 heterocycles. The number of carbonyl (C=O) groups excluding carboxylic acids is 1. The summed E-state index contributed by atoms with van der Waals surface area (Å²) in [7, 11) is 0. The molecule has 0 bridgehead atoms. The fourth-order valence-electron chi connectivity index (χ4n) is 3.36. The zero-order valence-corrected chi connectivity index (χ0v) is 16.7. The number of fused-ring (bicyclic) bond motifs is 1. The average molecular weight is 399 g/mol. The Hall–Kier alpha value is -4.00. The summed E-state index contributed by atoms with van der Waals surface area (Å²) in [5, 5.41) is 5.09. The number of H-pyrrole nitrogens is 1. The van der Waals surface area contributed by atoms with Crippen molar-refractivity contribution < 1.29 is 9.53 Å². The largest absolute Gasteiger partial charge is 0.483 e. The third-order valence-corrected chi connectivity index (χ3v) is 4.72. The minimum Gasteiger partial charge on any atom is -0.483 e.